The quantitative estimate of drug-likeness (QED) is 0.591. The number of anilines is 1. The Labute approximate surface area is 205 Å². The normalized spacial score (nSPS) is 21.3. The highest BCUT2D eigenvalue weighted by atomic mass is 32.2. The maximum absolute atomic E-state index is 15.1. The van der Waals surface area contributed by atoms with Gasteiger partial charge in [0.2, 0.25) is 11.8 Å². The maximum atomic E-state index is 15.1. The van der Waals surface area contributed by atoms with Crippen molar-refractivity contribution in [2.24, 2.45) is 10.9 Å². The van der Waals surface area contributed by atoms with Gasteiger partial charge in [-0.05, 0) is 25.1 Å². The number of thioether (sulfide) groups is 1. The summed E-state index contributed by atoms with van der Waals surface area (Å²) in [6, 6.07) is 15.4. The molecule has 1 aromatic heterocycles. The smallest absolute Gasteiger partial charge is 0.257 e. The van der Waals surface area contributed by atoms with Gasteiger partial charge in [-0.1, -0.05) is 48.2 Å². The van der Waals surface area contributed by atoms with Crippen LogP contribution in [0.2, 0.25) is 0 Å². The van der Waals surface area contributed by atoms with Gasteiger partial charge in [-0.2, -0.15) is 9.37 Å². The van der Waals surface area contributed by atoms with E-state index in [1.807, 2.05) is 11.0 Å². The highest BCUT2D eigenvalue weighted by Crippen LogP contribution is 2.47. The number of hydrogen-bond donors (Lipinski definition) is 1. The molecule has 0 unspecified atom stereocenters. The minimum Gasteiger partial charge on any atom is -0.479 e. The van der Waals surface area contributed by atoms with Crippen LogP contribution in [0.5, 0.6) is 5.88 Å². The van der Waals surface area contributed by atoms with Crippen LogP contribution in [0.4, 0.5) is 14.7 Å². The van der Waals surface area contributed by atoms with E-state index in [9.17, 15) is 9.18 Å². The fraction of sp³-hybridized carbons (Fsp3) is 0.280. The number of halogens is 2. The lowest BCUT2D eigenvalue weighted by molar-refractivity contribution is 0.0977. The van der Waals surface area contributed by atoms with Crippen LogP contribution in [0, 0.1) is 24.5 Å². The Morgan fingerprint density at radius 1 is 1.14 bits per heavy atom. The van der Waals surface area contributed by atoms with E-state index >= 15 is 4.39 Å². The van der Waals surface area contributed by atoms with Gasteiger partial charge in [-0.3, -0.25) is 4.79 Å². The number of aliphatic imine (C=N–C) groups is 1. The molecular weight excluding hydrogens is 472 g/mol. The zero-order valence-electron chi connectivity index (χ0n) is 19.2. The second-order valence-electron chi connectivity index (χ2n) is 8.46. The Morgan fingerprint density at radius 2 is 1.89 bits per heavy atom. The number of carbonyl (C=O) groups is 1. The van der Waals surface area contributed by atoms with Crippen LogP contribution in [-0.4, -0.2) is 47.0 Å². The van der Waals surface area contributed by atoms with Crippen molar-refractivity contribution >= 4 is 28.8 Å². The molecule has 2 atom stereocenters. The average molecular weight is 496 g/mol. The molecule has 7 nitrogen and oxygen atoms in total. The highest BCUT2D eigenvalue weighted by molar-refractivity contribution is 8.13. The van der Waals surface area contributed by atoms with Crippen LogP contribution in [0.15, 0.2) is 59.6 Å². The van der Waals surface area contributed by atoms with Crippen molar-refractivity contribution in [2.75, 3.05) is 30.9 Å². The molecule has 1 amide bonds. The molecule has 180 valence electrons. The van der Waals surface area contributed by atoms with Gasteiger partial charge in [0, 0.05) is 29.3 Å². The van der Waals surface area contributed by atoms with Crippen molar-refractivity contribution in [3.8, 4) is 5.88 Å². The lowest BCUT2D eigenvalue weighted by Gasteiger charge is -2.35. The monoisotopic (exact) mass is 495 g/mol. The minimum atomic E-state index is -0.977. The molecule has 2 aliphatic heterocycles. The average Bonchev–Trinajstić information content (AvgIpc) is 3.26. The zero-order chi connectivity index (χ0) is 24.6. The molecule has 3 aromatic rings. The Morgan fingerprint density at radius 3 is 2.63 bits per heavy atom. The lowest BCUT2D eigenvalue weighted by Crippen LogP contribution is -2.43. The van der Waals surface area contributed by atoms with Gasteiger partial charge < -0.3 is 15.0 Å². The summed E-state index contributed by atoms with van der Waals surface area (Å²) >= 11 is 1.42. The maximum Gasteiger partial charge on any atom is 0.257 e. The first-order valence-electron chi connectivity index (χ1n) is 11.1. The Kier molecular flexibility index (Phi) is 6.14. The van der Waals surface area contributed by atoms with Crippen LogP contribution in [-0.2, 0) is 5.54 Å². The van der Waals surface area contributed by atoms with Crippen molar-refractivity contribution in [2.45, 2.75) is 12.5 Å². The number of amidine groups is 1. The van der Waals surface area contributed by atoms with E-state index in [0.29, 0.717) is 34.5 Å². The summed E-state index contributed by atoms with van der Waals surface area (Å²) in [5.74, 6) is -0.626. The Bertz CT molecular complexity index is 1310. The minimum absolute atomic E-state index is 0.0956. The van der Waals surface area contributed by atoms with E-state index in [0.717, 1.165) is 0 Å². The van der Waals surface area contributed by atoms with Crippen LogP contribution in [0.1, 0.15) is 21.6 Å². The lowest BCUT2D eigenvalue weighted by atomic mass is 9.81. The number of aromatic nitrogens is 2. The predicted octanol–water partition coefficient (Wildman–Crippen LogP) is 3.94. The van der Waals surface area contributed by atoms with Gasteiger partial charge in [-0.15, -0.1) is 0 Å². The molecule has 35 heavy (non-hydrogen) atoms. The molecule has 2 aromatic carbocycles. The number of nitrogens with one attached hydrogen (secondary N) is 1. The Balaban J connectivity index is 1.54. The molecule has 0 aliphatic carbocycles. The first-order valence-corrected chi connectivity index (χ1v) is 12.1. The molecule has 1 N–H and O–H groups in total. The Hall–Kier alpha value is -3.53. The number of fused-ring (bicyclic) bond motifs is 1. The molecule has 0 radical (unpaired) electrons. The number of rotatable bonds is 4. The van der Waals surface area contributed by atoms with Crippen molar-refractivity contribution in [3.05, 3.63) is 83.1 Å². The third-order valence-electron chi connectivity index (χ3n) is 6.32. The first kappa shape index (κ1) is 23.2. The molecule has 3 heterocycles. The third kappa shape index (κ3) is 4.22. The number of amides is 1. The molecule has 10 heteroatoms. The van der Waals surface area contributed by atoms with Gasteiger partial charge in [0.15, 0.2) is 5.17 Å². The van der Waals surface area contributed by atoms with E-state index in [1.54, 1.807) is 49.4 Å². The van der Waals surface area contributed by atoms with Gasteiger partial charge in [0.05, 0.1) is 19.3 Å². The molecule has 0 bridgehead atoms. The van der Waals surface area contributed by atoms with E-state index in [2.05, 4.69) is 15.3 Å². The fourth-order valence-electron chi connectivity index (χ4n) is 4.56. The van der Waals surface area contributed by atoms with E-state index in [4.69, 9.17) is 9.73 Å². The van der Waals surface area contributed by atoms with Crippen molar-refractivity contribution in [1.29, 1.82) is 0 Å². The van der Waals surface area contributed by atoms with Crippen LogP contribution < -0.4 is 15.0 Å². The molecule has 0 saturated carbocycles. The van der Waals surface area contributed by atoms with Crippen LogP contribution in [0.25, 0.3) is 0 Å². The van der Waals surface area contributed by atoms with E-state index < -0.39 is 11.4 Å². The number of aryl methyl sites for hydroxylation is 1. The summed E-state index contributed by atoms with van der Waals surface area (Å²) in [5, 5.41) is 3.31. The molecule has 1 saturated heterocycles. The third-order valence-corrected chi connectivity index (χ3v) is 7.35. The molecule has 0 spiro atoms. The summed E-state index contributed by atoms with van der Waals surface area (Å²) < 4.78 is 34.5. The van der Waals surface area contributed by atoms with Crippen molar-refractivity contribution in [1.82, 2.24) is 15.3 Å². The highest BCUT2D eigenvalue weighted by Gasteiger charge is 2.52. The first-order chi connectivity index (χ1) is 16.9. The van der Waals surface area contributed by atoms with Crippen molar-refractivity contribution in [3.63, 3.8) is 0 Å². The predicted molar refractivity (Wildman–Crippen MR) is 131 cm³/mol. The molecular formula is C25H23F2N5O2S. The second-order valence-corrected chi connectivity index (χ2v) is 9.47. The summed E-state index contributed by atoms with van der Waals surface area (Å²) in [4.78, 5) is 28.1. The summed E-state index contributed by atoms with van der Waals surface area (Å²) in [6.45, 7) is 2.29. The van der Waals surface area contributed by atoms with Gasteiger partial charge in [0.25, 0.3) is 11.8 Å². The summed E-state index contributed by atoms with van der Waals surface area (Å²) in [7, 11) is 1.35. The summed E-state index contributed by atoms with van der Waals surface area (Å²) in [5.41, 5.74) is 0.128. The number of nitrogens with zero attached hydrogens (tertiary/aromatic N) is 4. The number of hydrogen-bond acceptors (Lipinski definition) is 7. The fourth-order valence-corrected chi connectivity index (χ4v) is 5.69. The van der Waals surface area contributed by atoms with Crippen molar-refractivity contribution < 1.29 is 18.3 Å². The van der Waals surface area contributed by atoms with Crippen LogP contribution >= 0.6 is 11.8 Å². The standard InChI is InChI=1S/C25H23F2N5O2S/c1-15-20(27)22(34-2)30-23(28-15)32-12-17-13-35-24(29-21(33)16-8-4-3-5-9-16)31-25(17,14-32)18-10-6-7-11-19(18)26/h3-11,17H,12-14H2,1-2H3,(H,29,31,33)/t17-,25-/m0/s1. The number of benzene rings is 2. The number of methoxy groups -OCH3 is 1. The number of carbonyl (C=O) groups excluding carboxylic acids is 1. The largest absolute Gasteiger partial charge is 0.479 e. The van der Waals surface area contributed by atoms with E-state index in [1.165, 1.54) is 24.9 Å². The summed E-state index contributed by atoms with van der Waals surface area (Å²) in [6.07, 6.45) is 0. The molecule has 5 rings (SSSR count). The van der Waals surface area contributed by atoms with E-state index in [-0.39, 0.29) is 35.8 Å². The van der Waals surface area contributed by atoms with Crippen LogP contribution in [0.3, 0.4) is 0 Å². The zero-order valence-corrected chi connectivity index (χ0v) is 20.0. The second kappa shape index (κ2) is 9.26. The molecule has 2 aliphatic rings. The molecule has 1 fully saturated rings. The SMILES string of the molecule is COc1nc(N2C[C@H]3CSC(NC(=O)c4ccccc4)=N[C@@]3(c3ccccc3F)C2)nc(C)c1F. The topological polar surface area (TPSA) is 79.7 Å². The van der Waals surface area contributed by atoms with Gasteiger partial charge in [-0.25, -0.2) is 14.4 Å². The van der Waals surface area contributed by atoms with Gasteiger partial charge >= 0.3 is 0 Å². The van der Waals surface area contributed by atoms with Gasteiger partial charge in [0.1, 0.15) is 11.4 Å². The number of ether oxygens (including phenoxy) is 1.